The van der Waals surface area contributed by atoms with E-state index in [1.807, 2.05) is 41.2 Å². The molecule has 1 aliphatic rings. The molecule has 1 fully saturated rings. The average molecular weight is 329 g/mol. The third-order valence-corrected chi connectivity index (χ3v) is 4.58. The van der Waals surface area contributed by atoms with E-state index in [0.717, 1.165) is 51.2 Å². The third-order valence-electron chi connectivity index (χ3n) is 4.58. The summed E-state index contributed by atoms with van der Waals surface area (Å²) in [6.07, 6.45) is 6.66. The lowest BCUT2D eigenvalue weighted by atomic mass is 9.92. The maximum Gasteiger partial charge on any atom is 0.119 e. The van der Waals surface area contributed by atoms with Crippen LogP contribution in [0.15, 0.2) is 42.7 Å². The predicted octanol–water partition coefficient (Wildman–Crippen LogP) is 2.70. The zero-order valence-corrected chi connectivity index (χ0v) is 14.4. The highest BCUT2D eigenvalue weighted by molar-refractivity contribution is 5.21. The zero-order valence-electron chi connectivity index (χ0n) is 14.4. The fraction of sp³-hybridized carbons (Fsp3) is 0.526. The van der Waals surface area contributed by atoms with Crippen LogP contribution < -0.4 is 4.74 Å². The van der Waals surface area contributed by atoms with Gasteiger partial charge in [0.15, 0.2) is 0 Å². The van der Waals surface area contributed by atoms with Crippen molar-refractivity contribution in [3.05, 3.63) is 48.3 Å². The van der Waals surface area contributed by atoms with Crippen molar-refractivity contribution in [3.8, 4) is 5.75 Å². The van der Waals surface area contributed by atoms with Gasteiger partial charge in [0.25, 0.3) is 0 Å². The quantitative estimate of drug-likeness (QED) is 0.848. The molecule has 0 amide bonds. The lowest BCUT2D eigenvalue weighted by molar-refractivity contribution is -0.0537. The SMILES string of the molecule is CCCn1cc(CN2CCC(O)(COc3ccccc3)CC2)cn1. The normalized spacial score (nSPS) is 17.8. The van der Waals surface area contributed by atoms with Gasteiger partial charge in [-0.3, -0.25) is 9.58 Å². The second-order valence-corrected chi connectivity index (χ2v) is 6.71. The number of ether oxygens (including phenoxy) is 1. The molecule has 24 heavy (non-hydrogen) atoms. The molecule has 5 heteroatoms. The molecule has 1 N–H and O–H groups in total. The zero-order chi connectivity index (χ0) is 16.8. The van der Waals surface area contributed by atoms with Gasteiger partial charge in [-0.1, -0.05) is 25.1 Å². The number of piperidine rings is 1. The highest BCUT2D eigenvalue weighted by Crippen LogP contribution is 2.24. The van der Waals surface area contributed by atoms with Crippen molar-refractivity contribution in [2.24, 2.45) is 0 Å². The molecule has 2 heterocycles. The van der Waals surface area contributed by atoms with Crippen molar-refractivity contribution in [1.82, 2.24) is 14.7 Å². The monoisotopic (exact) mass is 329 g/mol. The Kier molecular flexibility index (Phi) is 5.53. The first kappa shape index (κ1) is 17.0. The molecule has 1 aromatic heterocycles. The summed E-state index contributed by atoms with van der Waals surface area (Å²) in [5, 5.41) is 15.1. The van der Waals surface area contributed by atoms with E-state index in [2.05, 4.69) is 23.1 Å². The van der Waals surface area contributed by atoms with Gasteiger partial charge in [-0.25, -0.2) is 0 Å². The first-order valence-corrected chi connectivity index (χ1v) is 8.81. The van der Waals surface area contributed by atoms with Crippen molar-refractivity contribution < 1.29 is 9.84 Å². The predicted molar refractivity (Wildman–Crippen MR) is 93.9 cm³/mol. The lowest BCUT2D eigenvalue weighted by Gasteiger charge is -2.37. The van der Waals surface area contributed by atoms with E-state index >= 15 is 0 Å². The van der Waals surface area contributed by atoms with Crippen molar-refractivity contribution >= 4 is 0 Å². The molecule has 0 saturated carbocycles. The van der Waals surface area contributed by atoms with Crippen LogP contribution in [0, 0.1) is 0 Å². The van der Waals surface area contributed by atoms with Crippen molar-refractivity contribution in [2.75, 3.05) is 19.7 Å². The fourth-order valence-corrected chi connectivity index (χ4v) is 3.10. The van der Waals surface area contributed by atoms with Gasteiger partial charge in [0, 0.05) is 37.9 Å². The summed E-state index contributed by atoms with van der Waals surface area (Å²) in [5.41, 5.74) is 0.521. The molecule has 0 aliphatic carbocycles. The second-order valence-electron chi connectivity index (χ2n) is 6.71. The van der Waals surface area contributed by atoms with Crippen LogP contribution in [0.25, 0.3) is 0 Å². The van der Waals surface area contributed by atoms with Gasteiger partial charge in [-0.2, -0.15) is 5.10 Å². The average Bonchev–Trinajstić information content (AvgIpc) is 3.04. The molecule has 5 nitrogen and oxygen atoms in total. The lowest BCUT2D eigenvalue weighted by Crippen LogP contribution is -2.47. The molecule has 3 rings (SSSR count). The van der Waals surface area contributed by atoms with Gasteiger partial charge < -0.3 is 9.84 Å². The standard InChI is InChI=1S/C19H27N3O2/c1-2-10-22-15-17(13-20-22)14-21-11-8-19(23,9-12-21)16-24-18-6-4-3-5-7-18/h3-7,13,15,23H,2,8-12,14,16H2,1H3. The molecule has 0 spiro atoms. The Labute approximate surface area is 143 Å². The molecule has 1 aromatic carbocycles. The molecule has 130 valence electrons. The van der Waals surface area contributed by atoms with Crippen LogP contribution in [-0.4, -0.2) is 45.1 Å². The maximum atomic E-state index is 10.7. The van der Waals surface area contributed by atoms with Gasteiger partial charge in [0.05, 0.1) is 6.20 Å². The summed E-state index contributed by atoms with van der Waals surface area (Å²) >= 11 is 0. The van der Waals surface area contributed by atoms with Crippen LogP contribution in [0.4, 0.5) is 0 Å². The van der Waals surface area contributed by atoms with Gasteiger partial charge >= 0.3 is 0 Å². The topological polar surface area (TPSA) is 50.5 Å². The Morgan fingerprint density at radius 3 is 2.67 bits per heavy atom. The molecule has 0 bridgehead atoms. The van der Waals surface area contributed by atoms with Crippen LogP contribution in [0.5, 0.6) is 5.75 Å². The fourth-order valence-electron chi connectivity index (χ4n) is 3.10. The number of hydrogen-bond donors (Lipinski definition) is 1. The number of aliphatic hydroxyl groups is 1. The minimum Gasteiger partial charge on any atom is -0.491 e. The number of likely N-dealkylation sites (tertiary alicyclic amines) is 1. The summed E-state index contributed by atoms with van der Waals surface area (Å²) < 4.78 is 7.75. The highest BCUT2D eigenvalue weighted by atomic mass is 16.5. The molecule has 0 unspecified atom stereocenters. The summed E-state index contributed by atoms with van der Waals surface area (Å²) in [6, 6.07) is 9.70. The van der Waals surface area contributed by atoms with E-state index < -0.39 is 5.60 Å². The number of nitrogens with zero attached hydrogens (tertiary/aromatic N) is 3. The number of benzene rings is 1. The minimum atomic E-state index is -0.723. The Morgan fingerprint density at radius 1 is 1.21 bits per heavy atom. The van der Waals surface area contributed by atoms with E-state index in [-0.39, 0.29) is 0 Å². The number of aromatic nitrogens is 2. The van der Waals surface area contributed by atoms with Crippen LogP contribution in [0.2, 0.25) is 0 Å². The molecule has 2 aromatic rings. The third kappa shape index (κ3) is 4.58. The first-order chi connectivity index (χ1) is 11.7. The van der Waals surface area contributed by atoms with Crippen LogP contribution >= 0.6 is 0 Å². The van der Waals surface area contributed by atoms with E-state index in [1.54, 1.807) is 0 Å². The van der Waals surface area contributed by atoms with Gasteiger partial charge in [0.1, 0.15) is 18.0 Å². The van der Waals surface area contributed by atoms with E-state index in [1.165, 1.54) is 5.56 Å². The van der Waals surface area contributed by atoms with Crippen molar-refractivity contribution in [2.45, 2.75) is 44.9 Å². The molecular weight excluding hydrogens is 302 g/mol. The first-order valence-electron chi connectivity index (χ1n) is 8.81. The Morgan fingerprint density at radius 2 is 1.96 bits per heavy atom. The molecule has 0 radical (unpaired) electrons. The van der Waals surface area contributed by atoms with E-state index in [9.17, 15) is 5.11 Å². The largest absolute Gasteiger partial charge is 0.491 e. The summed E-state index contributed by atoms with van der Waals surface area (Å²) in [5.74, 6) is 0.816. The van der Waals surface area contributed by atoms with E-state index in [0.29, 0.717) is 6.61 Å². The van der Waals surface area contributed by atoms with Crippen LogP contribution in [0.1, 0.15) is 31.7 Å². The summed E-state index contributed by atoms with van der Waals surface area (Å²) in [4.78, 5) is 2.38. The van der Waals surface area contributed by atoms with Crippen molar-refractivity contribution in [3.63, 3.8) is 0 Å². The van der Waals surface area contributed by atoms with Crippen molar-refractivity contribution in [1.29, 1.82) is 0 Å². The molecule has 1 aliphatic heterocycles. The highest BCUT2D eigenvalue weighted by Gasteiger charge is 2.33. The number of rotatable bonds is 7. The van der Waals surface area contributed by atoms with Crippen LogP contribution in [0.3, 0.4) is 0 Å². The second kappa shape index (κ2) is 7.81. The summed E-state index contributed by atoms with van der Waals surface area (Å²) in [6.45, 7) is 6.15. The minimum absolute atomic E-state index is 0.360. The number of para-hydroxylation sites is 1. The number of hydrogen-bond acceptors (Lipinski definition) is 4. The van der Waals surface area contributed by atoms with Gasteiger partial charge in [-0.15, -0.1) is 0 Å². The number of aryl methyl sites for hydroxylation is 1. The maximum absolute atomic E-state index is 10.7. The Hall–Kier alpha value is -1.85. The molecular formula is C19H27N3O2. The van der Waals surface area contributed by atoms with Crippen LogP contribution in [-0.2, 0) is 13.1 Å². The summed E-state index contributed by atoms with van der Waals surface area (Å²) in [7, 11) is 0. The Balaban J connectivity index is 1.45. The smallest absolute Gasteiger partial charge is 0.119 e. The van der Waals surface area contributed by atoms with E-state index in [4.69, 9.17) is 4.74 Å². The molecule has 0 atom stereocenters. The Bertz CT molecular complexity index is 619. The molecule has 1 saturated heterocycles. The van der Waals surface area contributed by atoms with Gasteiger partial charge in [0.2, 0.25) is 0 Å². The van der Waals surface area contributed by atoms with Gasteiger partial charge in [-0.05, 0) is 31.4 Å².